The summed E-state index contributed by atoms with van der Waals surface area (Å²) in [4.78, 5) is 0. The average Bonchev–Trinajstić information content (AvgIpc) is 2.57. The summed E-state index contributed by atoms with van der Waals surface area (Å²) in [5, 5.41) is 9.63. The fourth-order valence-corrected chi connectivity index (χ4v) is 3.29. The predicted molar refractivity (Wildman–Crippen MR) is 93.1 cm³/mol. The number of phenolic OH excluding ortho intramolecular Hbond substituents is 1. The molecule has 22 heavy (non-hydrogen) atoms. The number of rotatable bonds is 8. The van der Waals surface area contributed by atoms with Crippen LogP contribution in [0.2, 0.25) is 0 Å². The monoisotopic (exact) mass is 297 g/mol. The molecule has 0 amide bonds. The lowest BCUT2D eigenvalue weighted by molar-refractivity contribution is 0.409. The van der Waals surface area contributed by atoms with Crippen molar-refractivity contribution in [2.45, 2.75) is 44.4 Å². The molecule has 0 spiro atoms. The molecule has 2 rings (SSSR count). The van der Waals surface area contributed by atoms with E-state index >= 15 is 0 Å². The lowest BCUT2D eigenvalue weighted by Crippen LogP contribution is -2.29. The molecule has 0 bridgehead atoms. The molecule has 2 aromatic rings. The van der Waals surface area contributed by atoms with Crippen LogP contribution in [0.1, 0.15) is 50.2 Å². The fraction of sp³-hybridized carbons (Fsp3) is 0.400. The Kier molecular flexibility index (Phi) is 6.02. The van der Waals surface area contributed by atoms with Gasteiger partial charge in [0.15, 0.2) is 0 Å². The number of aromatic hydroxyl groups is 1. The van der Waals surface area contributed by atoms with Gasteiger partial charge in [-0.2, -0.15) is 0 Å². The minimum absolute atomic E-state index is 0.00958. The van der Waals surface area contributed by atoms with Gasteiger partial charge in [-0.05, 0) is 49.1 Å². The third-order valence-electron chi connectivity index (χ3n) is 4.51. The maximum absolute atomic E-state index is 9.63. The second-order valence-electron chi connectivity index (χ2n) is 5.99. The lowest BCUT2D eigenvalue weighted by Gasteiger charge is -2.35. The molecule has 1 atom stereocenters. The fourth-order valence-electron chi connectivity index (χ4n) is 3.29. The molecule has 0 saturated carbocycles. The first-order valence-corrected chi connectivity index (χ1v) is 8.28. The lowest BCUT2D eigenvalue weighted by atomic mass is 9.68. The summed E-state index contributed by atoms with van der Waals surface area (Å²) in [6.45, 7) is 2.94. The summed E-state index contributed by atoms with van der Waals surface area (Å²) in [6, 6.07) is 18.4. The maximum Gasteiger partial charge on any atom is 0.115 e. The van der Waals surface area contributed by atoms with Gasteiger partial charge in [0.05, 0.1) is 0 Å². The third kappa shape index (κ3) is 3.69. The normalized spacial score (nSPS) is 13.7. The largest absolute Gasteiger partial charge is 0.508 e. The zero-order chi connectivity index (χ0) is 15.8. The van der Waals surface area contributed by atoms with Crippen LogP contribution in [0.4, 0.5) is 0 Å². The van der Waals surface area contributed by atoms with Crippen molar-refractivity contribution in [3.63, 3.8) is 0 Å². The highest BCUT2D eigenvalue weighted by Crippen LogP contribution is 2.41. The molecule has 0 aliphatic rings. The molecular formula is C20H27NO. The number of phenols is 1. The smallest absolute Gasteiger partial charge is 0.115 e. The van der Waals surface area contributed by atoms with E-state index in [1.165, 1.54) is 24.0 Å². The van der Waals surface area contributed by atoms with Crippen LogP contribution in [0.3, 0.4) is 0 Å². The van der Waals surface area contributed by atoms with E-state index in [9.17, 15) is 5.11 Å². The van der Waals surface area contributed by atoms with Crippen molar-refractivity contribution in [3.05, 3.63) is 65.7 Å². The molecule has 0 fully saturated rings. The van der Waals surface area contributed by atoms with Gasteiger partial charge in [0.25, 0.3) is 0 Å². The van der Waals surface area contributed by atoms with Gasteiger partial charge in [-0.1, -0.05) is 62.2 Å². The van der Waals surface area contributed by atoms with E-state index in [0.29, 0.717) is 12.3 Å². The standard InChI is InChI=1S/C20H27NO/c1-2-3-14-20(15-7-16-21,17-8-5-4-6-9-17)18-10-12-19(22)13-11-18/h4-6,8-13,22H,2-3,7,14-16,21H2,1H3. The molecule has 0 aliphatic heterocycles. The second kappa shape index (κ2) is 8.00. The Morgan fingerprint density at radius 3 is 2.05 bits per heavy atom. The van der Waals surface area contributed by atoms with Crippen LogP contribution in [-0.2, 0) is 5.41 Å². The predicted octanol–water partition coefficient (Wildman–Crippen LogP) is 4.61. The molecule has 0 radical (unpaired) electrons. The number of unbranched alkanes of at least 4 members (excludes halogenated alkanes) is 1. The van der Waals surface area contributed by atoms with Gasteiger partial charge >= 0.3 is 0 Å². The first-order chi connectivity index (χ1) is 10.7. The van der Waals surface area contributed by atoms with E-state index in [1.807, 2.05) is 0 Å². The summed E-state index contributed by atoms with van der Waals surface area (Å²) < 4.78 is 0. The Bertz CT molecular complexity index is 540. The third-order valence-corrected chi connectivity index (χ3v) is 4.51. The highest BCUT2D eigenvalue weighted by Gasteiger charge is 2.32. The number of nitrogens with two attached hydrogens (primary N) is 1. The van der Waals surface area contributed by atoms with E-state index in [1.54, 1.807) is 12.1 Å². The van der Waals surface area contributed by atoms with Crippen LogP contribution in [0.15, 0.2) is 54.6 Å². The van der Waals surface area contributed by atoms with Crippen LogP contribution < -0.4 is 5.73 Å². The maximum atomic E-state index is 9.63. The second-order valence-corrected chi connectivity index (χ2v) is 5.99. The Balaban J connectivity index is 2.50. The van der Waals surface area contributed by atoms with Gasteiger partial charge in [-0.15, -0.1) is 0 Å². The van der Waals surface area contributed by atoms with Gasteiger partial charge in [0.2, 0.25) is 0 Å². The van der Waals surface area contributed by atoms with Gasteiger partial charge < -0.3 is 10.8 Å². The van der Waals surface area contributed by atoms with Crippen molar-refractivity contribution in [3.8, 4) is 5.75 Å². The summed E-state index contributed by atoms with van der Waals surface area (Å²) in [6.07, 6.45) is 5.51. The van der Waals surface area contributed by atoms with Crippen molar-refractivity contribution in [2.75, 3.05) is 6.54 Å². The minimum Gasteiger partial charge on any atom is -0.508 e. The highest BCUT2D eigenvalue weighted by atomic mass is 16.3. The van der Waals surface area contributed by atoms with Gasteiger partial charge in [-0.3, -0.25) is 0 Å². The van der Waals surface area contributed by atoms with E-state index in [4.69, 9.17) is 5.73 Å². The van der Waals surface area contributed by atoms with Crippen molar-refractivity contribution in [2.24, 2.45) is 5.73 Å². The van der Waals surface area contributed by atoms with Crippen LogP contribution in [-0.4, -0.2) is 11.7 Å². The summed E-state index contributed by atoms with van der Waals surface area (Å²) in [5.41, 5.74) is 8.42. The van der Waals surface area contributed by atoms with E-state index < -0.39 is 0 Å². The van der Waals surface area contributed by atoms with Crippen molar-refractivity contribution in [1.82, 2.24) is 0 Å². The first-order valence-electron chi connectivity index (χ1n) is 8.28. The van der Waals surface area contributed by atoms with Gasteiger partial charge in [0.1, 0.15) is 5.75 Å². The van der Waals surface area contributed by atoms with Crippen LogP contribution in [0.25, 0.3) is 0 Å². The Morgan fingerprint density at radius 1 is 0.864 bits per heavy atom. The molecule has 2 aromatic carbocycles. The average molecular weight is 297 g/mol. The first kappa shape index (κ1) is 16.6. The minimum atomic E-state index is -0.00958. The van der Waals surface area contributed by atoms with E-state index in [0.717, 1.165) is 19.3 Å². The molecule has 0 aliphatic carbocycles. The molecule has 0 aromatic heterocycles. The zero-order valence-electron chi connectivity index (χ0n) is 13.5. The van der Waals surface area contributed by atoms with E-state index in [2.05, 4.69) is 49.4 Å². The SMILES string of the molecule is CCCCC(CCCN)(c1ccccc1)c1ccc(O)cc1. The molecule has 2 nitrogen and oxygen atoms in total. The molecule has 1 unspecified atom stereocenters. The molecule has 3 N–H and O–H groups in total. The Labute approximate surface area is 134 Å². The quantitative estimate of drug-likeness (QED) is 0.747. The van der Waals surface area contributed by atoms with Crippen LogP contribution in [0.5, 0.6) is 5.75 Å². The molecular weight excluding hydrogens is 270 g/mol. The summed E-state index contributed by atoms with van der Waals surface area (Å²) >= 11 is 0. The van der Waals surface area contributed by atoms with E-state index in [-0.39, 0.29) is 5.41 Å². The molecule has 0 saturated heterocycles. The number of hydrogen-bond donors (Lipinski definition) is 2. The van der Waals surface area contributed by atoms with Crippen molar-refractivity contribution >= 4 is 0 Å². The van der Waals surface area contributed by atoms with Crippen molar-refractivity contribution in [1.29, 1.82) is 0 Å². The number of benzene rings is 2. The Hall–Kier alpha value is -1.80. The molecule has 118 valence electrons. The topological polar surface area (TPSA) is 46.2 Å². The summed E-state index contributed by atoms with van der Waals surface area (Å²) in [7, 11) is 0. The Morgan fingerprint density at radius 2 is 1.45 bits per heavy atom. The zero-order valence-corrected chi connectivity index (χ0v) is 13.5. The molecule has 0 heterocycles. The van der Waals surface area contributed by atoms with Crippen molar-refractivity contribution < 1.29 is 5.11 Å². The van der Waals surface area contributed by atoms with Crippen LogP contribution >= 0.6 is 0 Å². The van der Waals surface area contributed by atoms with Crippen LogP contribution in [0, 0.1) is 0 Å². The highest BCUT2D eigenvalue weighted by molar-refractivity contribution is 5.41. The number of hydrogen-bond acceptors (Lipinski definition) is 2. The molecule has 2 heteroatoms. The summed E-state index contributed by atoms with van der Waals surface area (Å²) in [5.74, 6) is 0.319. The van der Waals surface area contributed by atoms with Gasteiger partial charge in [0, 0.05) is 5.41 Å². The van der Waals surface area contributed by atoms with Gasteiger partial charge in [-0.25, -0.2) is 0 Å².